The average molecular weight is 459 g/mol. The van der Waals surface area contributed by atoms with Crippen molar-refractivity contribution in [1.29, 1.82) is 0 Å². The zero-order valence-electron chi connectivity index (χ0n) is 18.9. The van der Waals surface area contributed by atoms with E-state index in [1.165, 1.54) is 0 Å². The summed E-state index contributed by atoms with van der Waals surface area (Å²) >= 11 is 6.01. The van der Waals surface area contributed by atoms with Crippen molar-refractivity contribution in [3.63, 3.8) is 0 Å². The number of nitrogens with zero attached hydrogens (tertiary/aromatic N) is 1. The molecule has 1 heterocycles. The lowest BCUT2D eigenvalue weighted by Crippen LogP contribution is -2.50. The summed E-state index contributed by atoms with van der Waals surface area (Å²) in [4.78, 5) is 27.9. The lowest BCUT2D eigenvalue weighted by atomic mass is 10.1. The monoisotopic (exact) mass is 458 g/mol. The van der Waals surface area contributed by atoms with Gasteiger partial charge in [0.2, 0.25) is 11.8 Å². The van der Waals surface area contributed by atoms with Crippen molar-refractivity contribution in [2.45, 2.75) is 58.7 Å². The van der Waals surface area contributed by atoms with Crippen molar-refractivity contribution in [2.24, 2.45) is 0 Å². The third-order valence-electron chi connectivity index (χ3n) is 5.32. The second-order valence-electron chi connectivity index (χ2n) is 8.21. The Kier molecular flexibility index (Phi) is 8.39. The Morgan fingerprint density at radius 3 is 2.34 bits per heavy atom. The van der Waals surface area contributed by atoms with Crippen molar-refractivity contribution >= 4 is 23.4 Å². The molecule has 1 aliphatic heterocycles. The molecule has 0 fully saturated rings. The van der Waals surface area contributed by atoms with Crippen LogP contribution in [-0.4, -0.2) is 42.0 Å². The second kappa shape index (κ2) is 11.2. The normalized spacial score (nSPS) is 13.5. The molecule has 1 aliphatic rings. The number of hydrogen-bond donors (Lipinski definition) is 1. The summed E-state index contributed by atoms with van der Waals surface area (Å²) in [5.74, 6) is 1.23. The summed E-state index contributed by atoms with van der Waals surface area (Å²) in [6.45, 7) is 7.17. The molecule has 2 aromatic carbocycles. The van der Waals surface area contributed by atoms with Crippen molar-refractivity contribution in [1.82, 2.24) is 10.2 Å². The molecule has 1 N–H and O–H groups in total. The number of carbonyl (C=O) groups excluding carboxylic acids is 2. The van der Waals surface area contributed by atoms with Gasteiger partial charge in [0.15, 0.2) is 11.5 Å². The summed E-state index contributed by atoms with van der Waals surface area (Å²) in [7, 11) is 0. The van der Waals surface area contributed by atoms with E-state index < -0.39 is 6.04 Å². The van der Waals surface area contributed by atoms with Gasteiger partial charge in [0, 0.05) is 24.0 Å². The van der Waals surface area contributed by atoms with Crippen LogP contribution in [0.2, 0.25) is 5.02 Å². The van der Waals surface area contributed by atoms with Crippen LogP contribution >= 0.6 is 11.6 Å². The van der Waals surface area contributed by atoms with E-state index in [2.05, 4.69) is 5.32 Å². The number of aryl methyl sites for hydroxylation is 1. The van der Waals surface area contributed by atoms with Crippen LogP contribution in [-0.2, 0) is 22.6 Å². The van der Waals surface area contributed by atoms with Crippen LogP contribution in [0, 0.1) is 0 Å². The summed E-state index contributed by atoms with van der Waals surface area (Å²) < 4.78 is 11.2. The van der Waals surface area contributed by atoms with Crippen LogP contribution in [0.5, 0.6) is 11.5 Å². The molecule has 2 amide bonds. The Balaban J connectivity index is 1.75. The van der Waals surface area contributed by atoms with E-state index in [0.717, 1.165) is 16.9 Å². The molecule has 0 saturated heterocycles. The molecule has 32 heavy (non-hydrogen) atoms. The number of hydrogen-bond acceptors (Lipinski definition) is 4. The molecule has 0 bridgehead atoms. The van der Waals surface area contributed by atoms with Gasteiger partial charge in [0.1, 0.15) is 19.3 Å². The molecule has 0 unspecified atom stereocenters. The number of nitrogens with one attached hydrogen (secondary N) is 1. The Morgan fingerprint density at radius 2 is 1.69 bits per heavy atom. The number of ether oxygens (including phenoxy) is 2. The van der Waals surface area contributed by atoms with E-state index in [1.807, 2.05) is 51.1 Å². The van der Waals surface area contributed by atoms with Gasteiger partial charge in [-0.15, -0.1) is 0 Å². The molecule has 2 aromatic rings. The van der Waals surface area contributed by atoms with Gasteiger partial charge in [0.25, 0.3) is 0 Å². The summed E-state index contributed by atoms with van der Waals surface area (Å²) in [6.07, 6.45) is 1.37. The lowest BCUT2D eigenvalue weighted by Gasteiger charge is -2.31. The van der Waals surface area contributed by atoms with E-state index >= 15 is 0 Å². The molecule has 6 nitrogen and oxygen atoms in total. The second-order valence-corrected chi connectivity index (χ2v) is 8.65. The quantitative estimate of drug-likeness (QED) is 0.605. The van der Waals surface area contributed by atoms with Gasteiger partial charge in [-0.3, -0.25) is 9.59 Å². The maximum absolute atomic E-state index is 13.3. The highest BCUT2D eigenvalue weighted by atomic mass is 35.5. The number of halogens is 1. The molecule has 3 rings (SSSR count). The fourth-order valence-electron chi connectivity index (χ4n) is 3.72. The molecular weight excluding hydrogens is 428 g/mol. The lowest BCUT2D eigenvalue weighted by molar-refractivity contribution is -0.141. The van der Waals surface area contributed by atoms with Crippen molar-refractivity contribution in [3.8, 4) is 11.5 Å². The predicted octanol–water partition coefficient (Wildman–Crippen LogP) is 4.38. The van der Waals surface area contributed by atoms with E-state index in [4.69, 9.17) is 21.1 Å². The van der Waals surface area contributed by atoms with Crippen LogP contribution in [0.1, 0.15) is 44.7 Å². The number of benzene rings is 2. The molecule has 0 spiro atoms. The van der Waals surface area contributed by atoms with Gasteiger partial charge in [-0.1, -0.05) is 36.7 Å². The molecule has 7 heteroatoms. The fraction of sp³-hybridized carbons (Fsp3) is 0.440. The largest absolute Gasteiger partial charge is 0.486 e. The first-order chi connectivity index (χ1) is 15.4. The fourth-order valence-corrected chi connectivity index (χ4v) is 3.85. The topological polar surface area (TPSA) is 67.9 Å². The van der Waals surface area contributed by atoms with Gasteiger partial charge in [-0.05, 0) is 62.1 Å². The van der Waals surface area contributed by atoms with Gasteiger partial charge in [-0.2, -0.15) is 0 Å². The van der Waals surface area contributed by atoms with Crippen molar-refractivity contribution in [2.75, 3.05) is 13.2 Å². The maximum atomic E-state index is 13.3. The van der Waals surface area contributed by atoms with E-state index in [-0.39, 0.29) is 17.9 Å². The van der Waals surface area contributed by atoms with Crippen molar-refractivity contribution < 1.29 is 19.1 Å². The minimum Gasteiger partial charge on any atom is -0.486 e. The Morgan fingerprint density at radius 1 is 1.03 bits per heavy atom. The smallest absolute Gasteiger partial charge is 0.243 e. The van der Waals surface area contributed by atoms with E-state index in [0.29, 0.717) is 49.8 Å². The van der Waals surface area contributed by atoms with Crippen LogP contribution < -0.4 is 14.8 Å². The summed E-state index contributed by atoms with van der Waals surface area (Å²) in [5, 5.41) is 3.58. The number of fused-ring (bicyclic) bond motifs is 1. The molecule has 0 saturated carbocycles. The summed E-state index contributed by atoms with van der Waals surface area (Å²) in [5.41, 5.74) is 1.92. The number of amides is 2. The standard InChI is InChI=1S/C25H31ClN2O4/c1-4-21(25(30)27-17(2)3)28(16-19-5-9-20(26)10-6-19)24(29)12-8-18-7-11-22-23(15-18)32-14-13-31-22/h5-7,9-11,15,17,21H,4,8,12-14,16H2,1-3H3,(H,27,30)/t21-/m1/s1. The highest BCUT2D eigenvalue weighted by molar-refractivity contribution is 6.30. The molecule has 0 aliphatic carbocycles. The van der Waals surface area contributed by atoms with Crippen LogP contribution in [0.4, 0.5) is 0 Å². The van der Waals surface area contributed by atoms with Crippen LogP contribution in [0.25, 0.3) is 0 Å². The zero-order valence-corrected chi connectivity index (χ0v) is 19.7. The molecule has 0 radical (unpaired) electrons. The minimum atomic E-state index is -0.541. The molecule has 0 aromatic heterocycles. The number of rotatable bonds is 9. The SMILES string of the molecule is CC[C@H](C(=O)NC(C)C)N(Cc1ccc(Cl)cc1)C(=O)CCc1ccc2c(c1)OCCO2. The van der Waals surface area contributed by atoms with E-state index in [9.17, 15) is 9.59 Å². The Bertz CT molecular complexity index is 930. The Labute approximate surface area is 194 Å². The molecular formula is C25H31ClN2O4. The predicted molar refractivity (Wildman–Crippen MR) is 125 cm³/mol. The van der Waals surface area contributed by atoms with Gasteiger partial charge < -0.3 is 19.7 Å². The highest BCUT2D eigenvalue weighted by Gasteiger charge is 2.28. The van der Waals surface area contributed by atoms with Crippen LogP contribution in [0.15, 0.2) is 42.5 Å². The van der Waals surface area contributed by atoms with Gasteiger partial charge in [0.05, 0.1) is 0 Å². The number of carbonyl (C=O) groups is 2. The first-order valence-corrected chi connectivity index (χ1v) is 11.5. The van der Waals surface area contributed by atoms with Crippen LogP contribution in [0.3, 0.4) is 0 Å². The molecule has 1 atom stereocenters. The Hall–Kier alpha value is -2.73. The third-order valence-corrected chi connectivity index (χ3v) is 5.57. The summed E-state index contributed by atoms with van der Waals surface area (Å²) in [6, 6.07) is 12.6. The first kappa shape index (κ1) is 23.9. The maximum Gasteiger partial charge on any atom is 0.243 e. The van der Waals surface area contributed by atoms with Gasteiger partial charge in [-0.25, -0.2) is 0 Å². The average Bonchev–Trinajstić information content (AvgIpc) is 2.78. The van der Waals surface area contributed by atoms with E-state index in [1.54, 1.807) is 17.0 Å². The van der Waals surface area contributed by atoms with Gasteiger partial charge >= 0.3 is 0 Å². The highest BCUT2D eigenvalue weighted by Crippen LogP contribution is 2.31. The van der Waals surface area contributed by atoms with Crippen molar-refractivity contribution in [3.05, 3.63) is 58.6 Å². The minimum absolute atomic E-state index is 0.00162. The molecule has 172 valence electrons. The zero-order chi connectivity index (χ0) is 23.1. The third kappa shape index (κ3) is 6.39. The first-order valence-electron chi connectivity index (χ1n) is 11.1.